The topological polar surface area (TPSA) is 83.6 Å². The zero-order valence-electron chi connectivity index (χ0n) is 15.9. The fraction of sp³-hybridized carbons (Fsp3) is 0.300. The molecule has 0 aromatic heterocycles. The summed E-state index contributed by atoms with van der Waals surface area (Å²) in [5.74, 6) is -0.531. The van der Waals surface area contributed by atoms with E-state index in [-0.39, 0.29) is 16.4 Å². The van der Waals surface area contributed by atoms with E-state index in [2.05, 4.69) is 5.32 Å². The maximum absolute atomic E-state index is 12.6. The Balaban J connectivity index is 2.29. The second kappa shape index (κ2) is 8.35. The Labute approximate surface area is 160 Å². The van der Waals surface area contributed by atoms with E-state index in [0.717, 1.165) is 6.26 Å². The summed E-state index contributed by atoms with van der Waals surface area (Å²) in [4.78, 5) is 26.9. The Morgan fingerprint density at radius 1 is 1.04 bits per heavy atom. The van der Waals surface area contributed by atoms with E-state index in [4.69, 9.17) is 0 Å². The summed E-state index contributed by atoms with van der Waals surface area (Å²) in [6.45, 7) is 6.75. The number of benzene rings is 2. The first kappa shape index (κ1) is 20.6. The highest BCUT2D eigenvalue weighted by Crippen LogP contribution is 2.19. The van der Waals surface area contributed by atoms with E-state index in [9.17, 15) is 18.0 Å². The predicted molar refractivity (Wildman–Crippen MR) is 106 cm³/mol. The smallest absolute Gasteiger partial charge is 0.255 e. The molecule has 0 radical (unpaired) electrons. The lowest BCUT2D eigenvalue weighted by molar-refractivity contribution is 0.0772. The minimum atomic E-state index is -3.41. The van der Waals surface area contributed by atoms with Crippen LogP contribution in [0.1, 0.15) is 40.1 Å². The number of anilines is 1. The summed E-state index contributed by atoms with van der Waals surface area (Å²) in [7, 11) is -3.41. The van der Waals surface area contributed by atoms with Gasteiger partial charge in [-0.2, -0.15) is 0 Å². The van der Waals surface area contributed by atoms with Gasteiger partial charge in [-0.25, -0.2) is 8.42 Å². The largest absolute Gasteiger partial charge is 0.339 e. The van der Waals surface area contributed by atoms with Crippen LogP contribution in [0, 0.1) is 6.92 Å². The van der Waals surface area contributed by atoms with E-state index in [0.29, 0.717) is 29.9 Å². The van der Waals surface area contributed by atoms with Gasteiger partial charge in [0.1, 0.15) is 0 Å². The van der Waals surface area contributed by atoms with Crippen molar-refractivity contribution in [2.45, 2.75) is 25.7 Å². The van der Waals surface area contributed by atoms with Crippen molar-refractivity contribution in [3.05, 3.63) is 59.2 Å². The normalized spacial score (nSPS) is 11.1. The number of nitrogens with one attached hydrogen (secondary N) is 1. The van der Waals surface area contributed by atoms with Crippen molar-refractivity contribution < 1.29 is 18.0 Å². The molecule has 0 aliphatic carbocycles. The van der Waals surface area contributed by atoms with E-state index in [1.807, 2.05) is 13.8 Å². The van der Waals surface area contributed by atoms with Crippen LogP contribution in [0.4, 0.5) is 5.69 Å². The second-order valence-electron chi connectivity index (χ2n) is 6.26. The van der Waals surface area contributed by atoms with E-state index >= 15 is 0 Å². The van der Waals surface area contributed by atoms with Crippen molar-refractivity contribution >= 4 is 27.3 Å². The van der Waals surface area contributed by atoms with E-state index < -0.39 is 15.7 Å². The lowest BCUT2D eigenvalue weighted by Gasteiger charge is -2.19. The molecule has 2 aromatic rings. The summed E-state index contributed by atoms with van der Waals surface area (Å²) in [5.41, 5.74) is 1.90. The number of rotatable bonds is 6. The third kappa shape index (κ3) is 4.95. The molecular weight excluding hydrogens is 364 g/mol. The molecule has 0 saturated carbocycles. The molecule has 0 aliphatic heterocycles. The number of sulfone groups is 1. The molecule has 0 saturated heterocycles. The zero-order chi connectivity index (χ0) is 20.2. The Bertz CT molecular complexity index is 964. The molecule has 7 heteroatoms. The summed E-state index contributed by atoms with van der Waals surface area (Å²) < 4.78 is 23.5. The van der Waals surface area contributed by atoms with Crippen LogP contribution in [0.5, 0.6) is 0 Å². The van der Waals surface area contributed by atoms with Crippen LogP contribution in [0.15, 0.2) is 47.4 Å². The standard InChI is InChI=1S/C20H24N2O4S/c1-5-22(6-2)20(24)15-8-7-9-16(12-15)21-19(23)18-13-17(27(4,25)26)11-10-14(18)3/h7-13H,5-6H2,1-4H3,(H,21,23). The van der Waals surface area contributed by atoms with Gasteiger partial charge in [-0.05, 0) is 56.7 Å². The molecule has 2 aromatic carbocycles. The maximum atomic E-state index is 12.6. The first-order chi connectivity index (χ1) is 12.7. The van der Waals surface area contributed by atoms with Crippen molar-refractivity contribution in [2.75, 3.05) is 24.7 Å². The molecule has 0 bridgehead atoms. The number of hydrogen-bond acceptors (Lipinski definition) is 4. The van der Waals surface area contributed by atoms with Crippen molar-refractivity contribution in [1.29, 1.82) is 0 Å². The lowest BCUT2D eigenvalue weighted by atomic mass is 10.1. The molecule has 0 aliphatic rings. The molecular formula is C20H24N2O4S. The summed E-state index contributed by atoms with van der Waals surface area (Å²) in [6.07, 6.45) is 1.10. The number of carbonyl (C=O) groups excluding carboxylic acids is 2. The van der Waals surface area contributed by atoms with Gasteiger partial charge in [0, 0.05) is 36.2 Å². The fourth-order valence-corrected chi connectivity index (χ4v) is 3.35. The minimum absolute atomic E-state index is 0.0868. The molecule has 144 valence electrons. The molecule has 0 atom stereocenters. The van der Waals surface area contributed by atoms with Crippen molar-refractivity contribution in [3.8, 4) is 0 Å². The zero-order valence-corrected chi connectivity index (χ0v) is 16.8. The highest BCUT2D eigenvalue weighted by atomic mass is 32.2. The van der Waals surface area contributed by atoms with Gasteiger partial charge in [-0.3, -0.25) is 9.59 Å². The van der Waals surface area contributed by atoms with Gasteiger partial charge in [0.05, 0.1) is 4.90 Å². The van der Waals surface area contributed by atoms with Gasteiger partial charge < -0.3 is 10.2 Å². The fourth-order valence-electron chi connectivity index (χ4n) is 2.70. The van der Waals surface area contributed by atoms with Crippen LogP contribution in [0.2, 0.25) is 0 Å². The molecule has 1 N–H and O–H groups in total. The highest BCUT2D eigenvalue weighted by Gasteiger charge is 2.16. The Morgan fingerprint density at radius 2 is 1.70 bits per heavy atom. The second-order valence-corrected chi connectivity index (χ2v) is 8.28. The van der Waals surface area contributed by atoms with Crippen LogP contribution in [-0.2, 0) is 9.84 Å². The van der Waals surface area contributed by atoms with Gasteiger partial charge >= 0.3 is 0 Å². The Hall–Kier alpha value is -2.67. The van der Waals surface area contributed by atoms with Crippen molar-refractivity contribution in [1.82, 2.24) is 4.90 Å². The third-order valence-corrected chi connectivity index (χ3v) is 5.41. The predicted octanol–water partition coefficient (Wildman–Crippen LogP) is 3.13. The third-order valence-electron chi connectivity index (χ3n) is 4.30. The molecule has 27 heavy (non-hydrogen) atoms. The van der Waals surface area contributed by atoms with Gasteiger partial charge in [0.2, 0.25) is 0 Å². The van der Waals surface area contributed by atoms with Crippen molar-refractivity contribution in [2.24, 2.45) is 0 Å². The summed E-state index contributed by atoms with van der Waals surface area (Å²) in [5, 5.41) is 2.74. The van der Waals surface area contributed by atoms with Gasteiger partial charge in [0.25, 0.3) is 11.8 Å². The van der Waals surface area contributed by atoms with Crippen LogP contribution in [0.3, 0.4) is 0 Å². The first-order valence-electron chi connectivity index (χ1n) is 8.68. The van der Waals surface area contributed by atoms with Crippen LogP contribution >= 0.6 is 0 Å². The Morgan fingerprint density at radius 3 is 2.30 bits per heavy atom. The lowest BCUT2D eigenvalue weighted by Crippen LogP contribution is -2.30. The highest BCUT2D eigenvalue weighted by molar-refractivity contribution is 7.90. The Kier molecular flexibility index (Phi) is 6.38. The molecule has 0 heterocycles. The number of hydrogen-bond donors (Lipinski definition) is 1. The molecule has 0 spiro atoms. The maximum Gasteiger partial charge on any atom is 0.255 e. The minimum Gasteiger partial charge on any atom is -0.339 e. The number of amides is 2. The summed E-state index contributed by atoms with van der Waals surface area (Å²) >= 11 is 0. The van der Waals surface area contributed by atoms with Gasteiger partial charge in [-0.15, -0.1) is 0 Å². The van der Waals surface area contributed by atoms with E-state index in [1.54, 1.807) is 42.2 Å². The quantitative estimate of drug-likeness (QED) is 0.824. The van der Waals surface area contributed by atoms with Gasteiger partial charge in [-0.1, -0.05) is 12.1 Å². The molecule has 2 amide bonds. The number of nitrogens with zero attached hydrogens (tertiary/aromatic N) is 1. The van der Waals surface area contributed by atoms with Crippen molar-refractivity contribution in [3.63, 3.8) is 0 Å². The molecule has 0 unspecified atom stereocenters. The van der Waals surface area contributed by atoms with Crippen LogP contribution < -0.4 is 5.32 Å². The first-order valence-corrected chi connectivity index (χ1v) is 10.6. The molecule has 2 rings (SSSR count). The molecule has 6 nitrogen and oxygen atoms in total. The van der Waals surface area contributed by atoms with Crippen LogP contribution in [0.25, 0.3) is 0 Å². The van der Waals surface area contributed by atoms with Crippen LogP contribution in [-0.4, -0.2) is 44.5 Å². The number of aryl methyl sites for hydroxylation is 1. The average Bonchev–Trinajstić information content (AvgIpc) is 2.62. The van der Waals surface area contributed by atoms with Gasteiger partial charge in [0.15, 0.2) is 9.84 Å². The monoisotopic (exact) mass is 388 g/mol. The van der Waals surface area contributed by atoms with E-state index in [1.165, 1.54) is 12.1 Å². The summed E-state index contributed by atoms with van der Waals surface area (Å²) in [6, 6.07) is 11.2. The SMILES string of the molecule is CCN(CC)C(=O)c1cccc(NC(=O)c2cc(S(C)(=O)=O)ccc2C)c1. The number of carbonyl (C=O) groups is 2. The molecule has 0 fully saturated rings. The average molecular weight is 388 g/mol.